The second-order valence-electron chi connectivity index (χ2n) is 7.63. The van der Waals surface area contributed by atoms with Gasteiger partial charge in [-0.05, 0) is 32.0 Å². The van der Waals surface area contributed by atoms with Crippen LogP contribution in [-0.2, 0) is 4.79 Å². The first-order valence-corrected chi connectivity index (χ1v) is 10.1. The molecule has 2 saturated heterocycles. The lowest BCUT2D eigenvalue weighted by molar-refractivity contribution is -0.135. The first-order chi connectivity index (χ1) is 13.0. The van der Waals surface area contributed by atoms with E-state index in [2.05, 4.69) is 38.9 Å². The van der Waals surface area contributed by atoms with Crippen molar-refractivity contribution in [3.63, 3.8) is 0 Å². The molecule has 1 atom stereocenters. The van der Waals surface area contributed by atoms with Crippen LogP contribution in [-0.4, -0.2) is 83.6 Å². The van der Waals surface area contributed by atoms with Crippen LogP contribution in [0.3, 0.4) is 0 Å². The summed E-state index contributed by atoms with van der Waals surface area (Å²) in [7, 11) is 0. The summed E-state index contributed by atoms with van der Waals surface area (Å²) in [6, 6.07) is 6.04. The maximum absolute atomic E-state index is 12.9. The predicted octanol–water partition coefficient (Wildman–Crippen LogP) is 1.55. The van der Waals surface area contributed by atoms with Gasteiger partial charge in [-0.25, -0.2) is 4.98 Å². The maximum Gasteiger partial charge on any atom is 0.241 e. The molecule has 7 nitrogen and oxygen atoms in total. The van der Waals surface area contributed by atoms with Gasteiger partial charge < -0.3 is 20.1 Å². The minimum absolute atomic E-state index is 0.0963. The number of benzene rings is 1. The van der Waals surface area contributed by atoms with Gasteiger partial charge in [-0.1, -0.05) is 11.6 Å². The second-order valence-corrected chi connectivity index (χ2v) is 8.07. The number of carbonyl (C=O) groups is 1. The molecule has 146 valence electrons. The van der Waals surface area contributed by atoms with E-state index < -0.39 is 0 Å². The molecule has 2 aliphatic heterocycles. The van der Waals surface area contributed by atoms with E-state index in [0.717, 1.165) is 62.8 Å². The first-order valence-electron chi connectivity index (χ1n) is 9.67. The molecule has 0 unspecified atom stereocenters. The molecule has 3 heterocycles. The number of nitrogens with zero attached hydrogens (tertiary/aromatic N) is 4. The molecule has 0 spiro atoms. The second kappa shape index (κ2) is 7.66. The topological polar surface area (TPSA) is 67.5 Å². The fourth-order valence-electron chi connectivity index (χ4n) is 3.88. The zero-order valence-electron chi connectivity index (χ0n) is 15.9. The van der Waals surface area contributed by atoms with Gasteiger partial charge in [-0.3, -0.25) is 9.69 Å². The van der Waals surface area contributed by atoms with Crippen molar-refractivity contribution in [3.8, 4) is 0 Å². The van der Waals surface area contributed by atoms with E-state index in [9.17, 15) is 4.79 Å². The van der Waals surface area contributed by atoms with E-state index in [1.807, 2.05) is 23.1 Å². The minimum atomic E-state index is -0.0963. The van der Waals surface area contributed by atoms with E-state index in [0.29, 0.717) is 11.1 Å². The normalized spacial score (nSPS) is 22.0. The van der Waals surface area contributed by atoms with Gasteiger partial charge in [-0.2, -0.15) is 0 Å². The highest BCUT2D eigenvalue weighted by Crippen LogP contribution is 2.22. The van der Waals surface area contributed by atoms with Crippen LogP contribution in [0, 0.1) is 0 Å². The fourth-order valence-corrected chi connectivity index (χ4v) is 4.06. The molecule has 1 aromatic carbocycles. The summed E-state index contributed by atoms with van der Waals surface area (Å²) in [4.78, 5) is 27.5. The Morgan fingerprint density at radius 1 is 1.22 bits per heavy atom. The molecule has 2 N–H and O–H groups in total. The van der Waals surface area contributed by atoms with Crippen LogP contribution in [0.1, 0.15) is 13.8 Å². The van der Waals surface area contributed by atoms with Crippen LogP contribution >= 0.6 is 11.6 Å². The quantitative estimate of drug-likeness (QED) is 0.832. The Morgan fingerprint density at radius 2 is 2.00 bits per heavy atom. The van der Waals surface area contributed by atoms with Crippen LogP contribution < -0.4 is 10.2 Å². The van der Waals surface area contributed by atoms with Gasteiger partial charge in [0, 0.05) is 56.9 Å². The van der Waals surface area contributed by atoms with Crippen molar-refractivity contribution in [1.82, 2.24) is 25.1 Å². The molecular formula is C19H27ClN6O. The Morgan fingerprint density at radius 3 is 2.74 bits per heavy atom. The highest BCUT2D eigenvalue weighted by Gasteiger charge is 2.31. The minimum Gasteiger partial charge on any atom is -0.339 e. The zero-order chi connectivity index (χ0) is 19.0. The third-order valence-corrected chi connectivity index (χ3v) is 5.79. The summed E-state index contributed by atoms with van der Waals surface area (Å²) >= 11 is 6.06. The average Bonchev–Trinajstić information content (AvgIpc) is 3.10. The Hall–Kier alpha value is -1.83. The molecule has 0 bridgehead atoms. The summed E-state index contributed by atoms with van der Waals surface area (Å²) in [6.45, 7) is 10.0. The summed E-state index contributed by atoms with van der Waals surface area (Å²) in [6.07, 6.45) is 0. The van der Waals surface area contributed by atoms with Gasteiger partial charge in [0.15, 0.2) is 0 Å². The summed E-state index contributed by atoms with van der Waals surface area (Å²) in [5.41, 5.74) is 1.85. The first kappa shape index (κ1) is 18.5. The molecule has 27 heavy (non-hydrogen) atoms. The van der Waals surface area contributed by atoms with Gasteiger partial charge in [0.1, 0.15) is 0 Å². The molecular weight excluding hydrogens is 364 g/mol. The number of hydrogen-bond acceptors (Lipinski definition) is 5. The molecule has 2 fully saturated rings. The third-order valence-electron chi connectivity index (χ3n) is 5.56. The van der Waals surface area contributed by atoms with Crippen molar-refractivity contribution in [2.24, 2.45) is 0 Å². The predicted molar refractivity (Wildman–Crippen MR) is 108 cm³/mol. The van der Waals surface area contributed by atoms with Crippen LogP contribution in [0.25, 0.3) is 11.0 Å². The molecule has 1 aromatic heterocycles. The average molecular weight is 391 g/mol. The van der Waals surface area contributed by atoms with Crippen molar-refractivity contribution in [1.29, 1.82) is 0 Å². The highest BCUT2D eigenvalue weighted by molar-refractivity contribution is 6.31. The summed E-state index contributed by atoms with van der Waals surface area (Å²) in [5, 5.41) is 4.09. The lowest BCUT2D eigenvalue weighted by Gasteiger charge is -2.40. The zero-order valence-corrected chi connectivity index (χ0v) is 16.7. The molecule has 0 saturated carbocycles. The van der Waals surface area contributed by atoms with Gasteiger partial charge in [-0.15, -0.1) is 0 Å². The number of hydrogen-bond donors (Lipinski definition) is 2. The van der Waals surface area contributed by atoms with Gasteiger partial charge in [0.2, 0.25) is 11.9 Å². The number of amides is 1. The van der Waals surface area contributed by atoms with E-state index in [-0.39, 0.29) is 11.9 Å². The Balaban J connectivity index is 1.37. The van der Waals surface area contributed by atoms with Crippen molar-refractivity contribution in [2.75, 3.05) is 50.7 Å². The molecule has 1 amide bonds. The van der Waals surface area contributed by atoms with Gasteiger partial charge in [0.25, 0.3) is 0 Å². The number of carbonyl (C=O) groups excluding carboxylic acids is 1. The molecule has 2 aliphatic rings. The van der Waals surface area contributed by atoms with Crippen molar-refractivity contribution in [2.45, 2.75) is 25.9 Å². The monoisotopic (exact) mass is 390 g/mol. The summed E-state index contributed by atoms with van der Waals surface area (Å²) < 4.78 is 0. The van der Waals surface area contributed by atoms with E-state index in [4.69, 9.17) is 11.6 Å². The number of halogens is 1. The van der Waals surface area contributed by atoms with Crippen LogP contribution in [0.4, 0.5) is 5.95 Å². The number of fused-ring (bicyclic) bond motifs is 1. The van der Waals surface area contributed by atoms with E-state index in [1.54, 1.807) is 0 Å². The number of H-pyrrole nitrogens is 1. The number of aromatic nitrogens is 2. The summed E-state index contributed by atoms with van der Waals surface area (Å²) in [5.74, 6) is 1.07. The van der Waals surface area contributed by atoms with Gasteiger partial charge >= 0.3 is 0 Å². The lowest BCUT2D eigenvalue weighted by atomic mass is 10.1. The van der Waals surface area contributed by atoms with Crippen LogP contribution in [0.5, 0.6) is 0 Å². The Kier molecular flexibility index (Phi) is 5.25. The number of aromatic amines is 1. The van der Waals surface area contributed by atoms with Gasteiger partial charge in [0.05, 0.1) is 17.1 Å². The van der Waals surface area contributed by atoms with Crippen molar-refractivity contribution < 1.29 is 4.79 Å². The number of rotatable bonds is 3. The molecule has 4 rings (SSSR count). The number of nitrogens with one attached hydrogen (secondary N) is 2. The maximum atomic E-state index is 12.9. The number of imidazole rings is 1. The smallest absolute Gasteiger partial charge is 0.241 e. The largest absolute Gasteiger partial charge is 0.339 e. The number of piperazine rings is 2. The van der Waals surface area contributed by atoms with Crippen LogP contribution in [0.2, 0.25) is 5.02 Å². The Labute approximate surface area is 164 Å². The molecule has 0 radical (unpaired) electrons. The van der Waals surface area contributed by atoms with Crippen molar-refractivity contribution in [3.05, 3.63) is 23.2 Å². The Bertz CT molecular complexity index is 814. The lowest BCUT2D eigenvalue weighted by Crippen LogP contribution is -2.61. The molecule has 8 heteroatoms. The van der Waals surface area contributed by atoms with Crippen molar-refractivity contribution >= 4 is 34.5 Å². The number of anilines is 1. The molecule has 0 aliphatic carbocycles. The fraction of sp³-hybridized carbons (Fsp3) is 0.579. The third kappa shape index (κ3) is 3.90. The van der Waals surface area contributed by atoms with E-state index >= 15 is 0 Å². The standard InChI is InChI=1S/C19H27ClN6O/c1-13(2)26-6-5-21-17(12-26)18(27)24-7-9-25(10-8-24)19-22-15-4-3-14(20)11-16(15)23-19/h3-4,11,13,17,21H,5-10,12H2,1-2H3,(H,22,23)/t17-/m1/s1. The van der Waals surface area contributed by atoms with E-state index in [1.165, 1.54) is 0 Å². The molecule has 2 aromatic rings. The highest BCUT2D eigenvalue weighted by atomic mass is 35.5. The van der Waals surface area contributed by atoms with Crippen LogP contribution in [0.15, 0.2) is 18.2 Å². The SMILES string of the molecule is CC(C)N1CCN[C@@H](C(=O)N2CCN(c3nc4ccc(Cl)cc4[nH]3)CC2)C1.